The van der Waals surface area contributed by atoms with Crippen molar-refractivity contribution in [2.75, 3.05) is 47.5 Å². The number of rotatable bonds is 3. The van der Waals surface area contributed by atoms with Crippen LogP contribution in [0.25, 0.3) is 0 Å². The average Bonchev–Trinajstić information content (AvgIpc) is 2.59. The number of amides is 2. The molecule has 0 aliphatic carbocycles. The quantitative estimate of drug-likeness (QED) is 0.840. The monoisotopic (exact) mass is 308 g/mol. The number of hydrogen-bond acceptors (Lipinski definition) is 5. The molecule has 1 fully saturated rings. The van der Waals surface area contributed by atoms with E-state index in [1.165, 1.54) is 21.3 Å². The maximum Gasteiger partial charge on any atom is 0.409 e. The molecule has 0 atom stereocenters. The number of carbonyl (C=O) groups excluding carboxylic acids is 2. The Labute approximate surface area is 129 Å². The molecule has 1 aliphatic heterocycles. The molecule has 0 bridgehead atoms. The predicted octanol–water partition coefficient (Wildman–Crippen LogP) is 1.23. The summed E-state index contributed by atoms with van der Waals surface area (Å²) in [5.41, 5.74) is 0.402. The lowest BCUT2D eigenvalue weighted by atomic mass is 10.1. The van der Waals surface area contributed by atoms with Crippen molar-refractivity contribution < 1.29 is 23.8 Å². The standard InChI is InChI=1S/C15H20N2O5/c1-20-11-5-4-6-12(21-2)13(11)14(18)16-7-9-17(10-8-16)15(19)22-3/h4-6H,7-10H2,1-3H3. The first-order chi connectivity index (χ1) is 10.6. The normalized spacial score (nSPS) is 14.5. The van der Waals surface area contributed by atoms with E-state index >= 15 is 0 Å². The highest BCUT2D eigenvalue weighted by atomic mass is 16.5. The number of ether oxygens (including phenoxy) is 3. The summed E-state index contributed by atoms with van der Waals surface area (Å²) in [7, 11) is 4.38. The Bertz CT molecular complexity index is 531. The fourth-order valence-electron chi connectivity index (χ4n) is 2.44. The zero-order valence-corrected chi connectivity index (χ0v) is 13.0. The zero-order valence-electron chi connectivity index (χ0n) is 13.0. The Morgan fingerprint density at radius 3 is 1.86 bits per heavy atom. The molecule has 1 saturated heterocycles. The van der Waals surface area contributed by atoms with Gasteiger partial charge < -0.3 is 24.0 Å². The summed E-state index contributed by atoms with van der Waals surface area (Å²) in [4.78, 5) is 27.5. The second-order valence-electron chi connectivity index (χ2n) is 4.79. The molecule has 120 valence electrons. The van der Waals surface area contributed by atoms with Gasteiger partial charge in [-0.2, -0.15) is 0 Å². The smallest absolute Gasteiger partial charge is 0.409 e. The Morgan fingerprint density at radius 1 is 0.909 bits per heavy atom. The van der Waals surface area contributed by atoms with Crippen molar-refractivity contribution in [3.8, 4) is 11.5 Å². The summed E-state index contributed by atoms with van der Waals surface area (Å²) in [5, 5.41) is 0. The molecule has 1 heterocycles. The largest absolute Gasteiger partial charge is 0.496 e. The molecule has 7 nitrogen and oxygen atoms in total. The second kappa shape index (κ2) is 7.02. The van der Waals surface area contributed by atoms with Gasteiger partial charge in [0.05, 0.1) is 21.3 Å². The fraction of sp³-hybridized carbons (Fsp3) is 0.467. The van der Waals surface area contributed by atoms with E-state index in [-0.39, 0.29) is 12.0 Å². The lowest BCUT2D eigenvalue weighted by Crippen LogP contribution is -2.50. The maximum atomic E-state index is 12.7. The molecule has 1 aromatic rings. The predicted molar refractivity (Wildman–Crippen MR) is 79.4 cm³/mol. The summed E-state index contributed by atoms with van der Waals surface area (Å²) < 4.78 is 15.2. The van der Waals surface area contributed by atoms with Crippen LogP contribution >= 0.6 is 0 Å². The van der Waals surface area contributed by atoms with Gasteiger partial charge in [-0.1, -0.05) is 6.07 Å². The lowest BCUT2D eigenvalue weighted by Gasteiger charge is -2.34. The van der Waals surface area contributed by atoms with E-state index < -0.39 is 0 Å². The van der Waals surface area contributed by atoms with Gasteiger partial charge in [0, 0.05) is 26.2 Å². The third-order valence-electron chi connectivity index (χ3n) is 3.64. The molecule has 0 unspecified atom stereocenters. The third kappa shape index (κ3) is 3.08. The minimum atomic E-state index is -0.373. The van der Waals surface area contributed by atoms with Crippen LogP contribution in [-0.2, 0) is 4.74 Å². The first-order valence-corrected chi connectivity index (χ1v) is 6.95. The van der Waals surface area contributed by atoms with E-state index in [1.54, 1.807) is 28.0 Å². The molecule has 1 aromatic carbocycles. The van der Waals surface area contributed by atoms with Gasteiger partial charge in [-0.15, -0.1) is 0 Å². The van der Waals surface area contributed by atoms with Crippen molar-refractivity contribution in [1.29, 1.82) is 0 Å². The molecule has 0 N–H and O–H groups in total. The highest BCUT2D eigenvalue weighted by molar-refractivity contribution is 5.99. The molecule has 2 rings (SSSR count). The van der Waals surface area contributed by atoms with Crippen LogP contribution in [0.15, 0.2) is 18.2 Å². The van der Waals surface area contributed by atoms with Crippen LogP contribution in [0.4, 0.5) is 4.79 Å². The first kappa shape index (κ1) is 15.9. The highest BCUT2D eigenvalue weighted by Crippen LogP contribution is 2.29. The maximum absolute atomic E-state index is 12.7. The van der Waals surface area contributed by atoms with E-state index in [9.17, 15) is 9.59 Å². The minimum Gasteiger partial charge on any atom is -0.496 e. The van der Waals surface area contributed by atoms with Gasteiger partial charge in [-0.25, -0.2) is 4.79 Å². The summed E-state index contributed by atoms with van der Waals surface area (Å²) in [6.07, 6.45) is -0.373. The number of nitrogens with zero attached hydrogens (tertiary/aromatic N) is 2. The Hall–Kier alpha value is -2.44. The lowest BCUT2D eigenvalue weighted by molar-refractivity contribution is 0.0594. The van der Waals surface area contributed by atoms with Crippen molar-refractivity contribution in [3.05, 3.63) is 23.8 Å². The minimum absolute atomic E-state index is 0.168. The summed E-state index contributed by atoms with van der Waals surface area (Å²) in [6.45, 7) is 1.76. The highest BCUT2D eigenvalue weighted by Gasteiger charge is 2.28. The average molecular weight is 308 g/mol. The number of benzene rings is 1. The van der Waals surface area contributed by atoms with E-state index in [0.29, 0.717) is 43.2 Å². The third-order valence-corrected chi connectivity index (χ3v) is 3.64. The number of hydrogen-bond donors (Lipinski definition) is 0. The molecule has 2 amide bonds. The molecular formula is C15H20N2O5. The molecule has 0 spiro atoms. The van der Waals surface area contributed by atoms with Gasteiger partial charge in [0.15, 0.2) is 0 Å². The molecule has 22 heavy (non-hydrogen) atoms. The van der Waals surface area contributed by atoms with Crippen molar-refractivity contribution in [3.63, 3.8) is 0 Å². The molecule has 0 aromatic heterocycles. The van der Waals surface area contributed by atoms with E-state index in [4.69, 9.17) is 9.47 Å². The van der Waals surface area contributed by atoms with Crippen molar-refractivity contribution in [1.82, 2.24) is 9.80 Å². The van der Waals surface area contributed by atoms with Crippen LogP contribution in [0.2, 0.25) is 0 Å². The molecular weight excluding hydrogens is 288 g/mol. The molecule has 0 radical (unpaired) electrons. The Kier molecular flexibility index (Phi) is 5.08. The molecule has 7 heteroatoms. The van der Waals surface area contributed by atoms with Crippen LogP contribution in [-0.4, -0.2) is 69.3 Å². The Morgan fingerprint density at radius 2 is 1.41 bits per heavy atom. The first-order valence-electron chi connectivity index (χ1n) is 6.95. The van der Waals surface area contributed by atoms with Gasteiger partial charge in [0.25, 0.3) is 5.91 Å². The summed E-state index contributed by atoms with van der Waals surface area (Å²) in [5.74, 6) is 0.776. The number of methoxy groups -OCH3 is 3. The number of piperazine rings is 1. The second-order valence-corrected chi connectivity index (χ2v) is 4.79. The molecule has 1 aliphatic rings. The summed E-state index contributed by atoms with van der Waals surface area (Å²) >= 11 is 0. The van der Waals surface area contributed by atoms with Crippen LogP contribution < -0.4 is 9.47 Å². The summed E-state index contributed by atoms with van der Waals surface area (Å²) in [6, 6.07) is 5.21. The van der Waals surface area contributed by atoms with E-state index in [1.807, 2.05) is 0 Å². The van der Waals surface area contributed by atoms with Crippen LogP contribution in [0.5, 0.6) is 11.5 Å². The van der Waals surface area contributed by atoms with Gasteiger partial charge in [0.2, 0.25) is 0 Å². The van der Waals surface area contributed by atoms with Crippen molar-refractivity contribution in [2.45, 2.75) is 0 Å². The van der Waals surface area contributed by atoms with Gasteiger partial charge in [-0.05, 0) is 12.1 Å². The van der Waals surface area contributed by atoms with Gasteiger partial charge in [-0.3, -0.25) is 4.79 Å². The Balaban J connectivity index is 2.15. The zero-order chi connectivity index (χ0) is 16.1. The van der Waals surface area contributed by atoms with Crippen LogP contribution in [0, 0.1) is 0 Å². The molecule has 0 saturated carbocycles. The SMILES string of the molecule is COC(=O)N1CCN(C(=O)c2c(OC)cccc2OC)CC1. The van der Waals surface area contributed by atoms with Crippen LogP contribution in [0.3, 0.4) is 0 Å². The van der Waals surface area contributed by atoms with Gasteiger partial charge >= 0.3 is 6.09 Å². The van der Waals surface area contributed by atoms with E-state index in [0.717, 1.165) is 0 Å². The van der Waals surface area contributed by atoms with Gasteiger partial charge in [0.1, 0.15) is 17.1 Å². The number of carbonyl (C=O) groups is 2. The van der Waals surface area contributed by atoms with Crippen molar-refractivity contribution in [2.24, 2.45) is 0 Å². The topological polar surface area (TPSA) is 68.3 Å². The fourth-order valence-corrected chi connectivity index (χ4v) is 2.44. The van der Waals surface area contributed by atoms with Crippen molar-refractivity contribution >= 4 is 12.0 Å². The van der Waals surface area contributed by atoms with E-state index in [2.05, 4.69) is 4.74 Å². The van der Waals surface area contributed by atoms with Crippen LogP contribution in [0.1, 0.15) is 10.4 Å².